The molecule has 0 radical (unpaired) electrons. The van der Waals surface area contributed by atoms with Crippen LogP contribution in [-0.4, -0.2) is 33.9 Å². The fraction of sp³-hybridized carbons (Fsp3) is 0.333. The number of para-hydroxylation sites is 1. The first-order valence-electron chi connectivity index (χ1n) is 11.5. The molecular weight excluding hydrogens is 412 g/mol. The zero-order valence-corrected chi connectivity index (χ0v) is 19.6. The van der Waals surface area contributed by atoms with Gasteiger partial charge < -0.3 is 14.7 Å². The lowest BCUT2D eigenvalue weighted by Crippen LogP contribution is -2.28. The Morgan fingerprint density at radius 1 is 1.09 bits per heavy atom. The summed E-state index contributed by atoms with van der Waals surface area (Å²) < 4.78 is 5.68. The third-order valence-corrected chi connectivity index (χ3v) is 5.84. The predicted molar refractivity (Wildman–Crippen MR) is 131 cm³/mol. The fourth-order valence-corrected chi connectivity index (χ4v) is 3.93. The van der Waals surface area contributed by atoms with E-state index in [1.807, 2.05) is 6.07 Å². The number of carbonyl (C=O) groups excluding carboxylic acids is 1. The average Bonchev–Trinajstić information content (AvgIpc) is 3.44. The number of nitrogens with one attached hydrogen (secondary N) is 2. The highest BCUT2D eigenvalue weighted by atomic mass is 16.3. The highest BCUT2D eigenvalue weighted by Crippen LogP contribution is 2.20. The van der Waals surface area contributed by atoms with Crippen LogP contribution in [0.3, 0.4) is 0 Å². The molecule has 172 valence electrons. The molecule has 2 heterocycles. The first-order chi connectivity index (χ1) is 16.0. The third-order valence-electron chi connectivity index (χ3n) is 5.84. The van der Waals surface area contributed by atoms with Gasteiger partial charge in [0.15, 0.2) is 5.69 Å². The number of aromatic nitrogens is 2. The van der Waals surface area contributed by atoms with E-state index in [0.29, 0.717) is 30.6 Å². The first kappa shape index (κ1) is 22.8. The van der Waals surface area contributed by atoms with E-state index < -0.39 is 0 Å². The molecule has 1 amide bonds. The molecule has 0 bridgehead atoms. The number of rotatable bonds is 10. The van der Waals surface area contributed by atoms with Gasteiger partial charge in [0.25, 0.3) is 5.91 Å². The van der Waals surface area contributed by atoms with Crippen molar-refractivity contribution in [1.29, 1.82) is 0 Å². The zero-order valence-electron chi connectivity index (χ0n) is 19.6. The Hall–Kier alpha value is -3.38. The van der Waals surface area contributed by atoms with Gasteiger partial charge in [0.2, 0.25) is 5.89 Å². The second kappa shape index (κ2) is 10.5. The molecule has 0 saturated carbocycles. The van der Waals surface area contributed by atoms with E-state index in [-0.39, 0.29) is 5.91 Å². The number of carbonyl (C=O) groups is 1. The maximum atomic E-state index is 12.3. The number of aryl methyl sites for hydroxylation is 1. The van der Waals surface area contributed by atoms with E-state index in [9.17, 15) is 4.79 Å². The molecule has 0 unspecified atom stereocenters. The van der Waals surface area contributed by atoms with Crippen molar-refractivity contribution in [2.24, 2.45) is 5.92 Å². The number of amides is 1. The van der Waals surface area contributed by atoms with E-state index in [1.54, 1.807) is 0 Å². The monoisotopic (exact) mass is 444 g/mol. The van der Waals surface area contributed by atoms with Crippen molar-refractivity contribution in [3.05, 3.63) is 89.3 Å². The molecule has 2 aromatic heterocycles. The molecule has 0 aliphatic heterocycles. The van der Waals surface area contributed by atoms with Gasteiger partial charge in [0.05, 0.1) is 6.54 Å². The van der Waals surface area contributed by atoms with Gasteiger partial charge in [-0.3, -0.25) is 9.69 Å². The van der Waals surface area contributed by atoms with Crippen molar-refractivity contribution in [3.8, 4) is 0 Å². The molecule has 0 aliphatic rings. The Kier molecular flexibility index (Phi) is 7.25. The van der Waals surface area contributed by atoms with Crippen LogP contribution in [0.15, 0.2) is 65.4 Å². The zero-order chi connectivity index (χ0) is 23.2. The SMILES string of the molecule is Cc1ccccc1CN(CCc1c[nH]c2ccccc12)Cc1nc(C(=O)NCC(C)C)co1. The van der Waals surface area contributed by atoms with Gasteiger partial charge in [-0.05, 0) is 42.0 Å². The number of H-pyrrole nitrogens is 1. The molecule has 4 aromatic rings. The highest BCUT2D eigenvalue weighted by molar-refractivity contribution is 5.91. The molecule has 0 saturated heterocycles. The smallest absolute Gasteiger partial charge is 0.273 e. The van der Waals surface area contributed by atoms with Gasteiger partial charge in [0.1, 0.15) is 6.26 Å². The topological polar surface area (TPSA) is 74.2 Å². The summed E-state index contributed by atoms with van der Waals surface area (Å²) in [6.07, 6.45) is 4.45. The lowest BCUT2D eigenvalue weighted by Gasteiger charge is -2.22. The molecule has 2 aromatic carbocycles. The van der Waals surface area contributed by atoms with E-state index >= 15 is 0 Å². The summed E-state index contributed by atoms with van der Waals surface area (Å²) in [5.74, 6) is 0.745. The largest absolute Gasteiger partial charge is 0.447 e. The van der Waals surface area contributed by atoms with E-state index in [0.717, 1.165) is 25.0 Å². The van der Waals surface area contributed by atoms with Crippen LogP contribution in [0.4, 0.5) is 0 Å². The fourth-order valence-electron chi connectivity index (χ4n) is 3.93. The van der Waals surface area contributed by atoms with Crippen molar-refractivity contribution >= 4 is 16.8 Å². The number of oxazole rings is 1. The summed E-state index contributed by atoms with van der Waals surface area (Å²) in [4.78, 5) is 22.5. The predicted octanol–water partition coefficient (Wildman–Crippen LogP) is 5.10. The summed E-state index contributed by atoms with van der Waals surface area (Å²) in [7, 11) is 0. The molecule has 0 atom stereocenters. The summed E-state index contributed by atoms with van der Waals surface area (Å²) in [5.41, 5.74) is 5.32. The molecule has 6 heteroatoms. The average molecular weight is 445 g/mol. The van der Waals surface area contributed by atoms with Crippen LogP contribution in [0.25, 0.3) is 10.9 Å². The third kappa shape index (κ3) is 5.90. The summed E-state index contributed by atoms with van der Waals surface area (Å²) >= 11 is 0. The number of hydrogen-bond acceptors (Lipinski definition) is 4. The molecule has 0 spiro atoms. The standard InChI is InChI=1S/C27H32N4O2/c1-19(2)14-29-27(32)25-18-33-26(30-25)17-31(16-22-9-5-4-8-20(22)3)13-12-21-15-28-24-11-7-6-10-23(21)24/h4-11,15,18-19,28H,12-14,16-17H2,1-3H3,(H,29,32). The number of nitrogens with zero attached hydrogens (tertiary/aromatic N) is 2. The maximum absolute atomic E-state index is 12.3. The van der Waals surface area contributed by atoms with Crippen LogP contribution in [0.5, 0.6) is 0 Å². The van der Waals surface area contributed by atoms with Crippen LogP contribution in [0, 0.1) is 12.8 Å². The minimum absolute atomic E-state index is 0.192. The normalized spacial score (nSPS) is 11.5. The van der Waals surface area contributed by atoms with Crippen LogP contribution in [0.2, 0.25) is 0 Å². The molecule has 33 heavy (non-hydrogen) atoms. The molecule has 6 nitrogen and oxygen atoms in total. The Bertz CT molecular complexity index is 1210. The van der Waals surface area contributed by atoms with Crippen molar-refractivity contribution in [1.82, 2.24) is 20.2 Å². The Morgan fingerprint density at radius 3 is 2.70 bits per heavy atom. The summed E-state index contributed by atoms with van der Waals surface area (Å²) in [6.45, 7) is 9.03. The van der Waals surface area contributed by atoms with Gasteiger partial charge >= 0.3 is 0 Å². The van der Waals surface area contributed by atoms with E-state index in [2.05, 4.69) is 89.6 Å². The number of aromatic amines is 1. The minimum atomic E-state index is -0.192. The van der Waals surface area contributed by atoms with Gasteiger partial charge in [-0.25, -0.2) is 4.98 Å². The van der Waals surface area contributed by atoms with Crippen LogP contribution >= 0.6 is 0 Å². The Morgan fingerprint density at radius 2 is 1.88 bits per heavy atom. The quantitative estimate of drug-likeness (QED) is 0.357. The molecule has 0 aliphatic carbocycles. The van der Waals surface area contributed by atoms with Crippen LogP contribution in [0.1, 0.15) is 46.9 Å². The van der Waals surface area contributed by atoms with Gasteiger partial charge in [-0.1, -0.05) is 56.3 Å². The maximum Gasteiger partial charge on any atom is 0.273 e. The Balaban J connectivity index is 1.48. The lowest BCUT2D eigenvalue weighted by atomic mass is 10.1. The van der Waals surface area contributed by atoms with Crippen LogP contribution in [-0.2, 0) is 19.5 Å². The molecule has 0 fully saturated rings. The molecular formula is C27H32N4O2. The molecule has 2 N–H and O–H groups in total. The van der Waals surface area contributed by atoms with Crippen molar-refractivity contribution < 1.29 is 9.21 Å². The second-order valence-electron chi connectivity index (χ2n) is 8.98. The molecule has 4 rings (SSSR count). The Labute approximate surface area is 195 Å². The van der Waals surface area contributed by atoms with Crippen molar-refractivity contribution in [2.45, 2.75) is 40.3 Å². The second-order valence-corrected chi connectivity index (χ2v) is 8.98. The number of hydrogen-bond donors (Lipinski definition) is 2. The highest BCUT2D eigenvalue weighted by Gasteiger charge is 2.16. The van der Waals surface area contributed by atoms with E-state index in [4.69, 9.17) is 4.42 Å². The van der Waals surface area contributed by atoms with Crippen molar-refractivity contribution in [3.63, 3.8) is 0 Å². The number of benzene rings is 2. The first-order valence-corrected chi connectivity index (χ1v) is 11.5. The summed E-state index contributed by atoms with van der Waals surface area (Å²) in [6, 6.07) is 16.8. The van der Waals surface area contributed by atoms with E-state index in [1.165, 1.54) is 28.3 Å². The number of fused-ring (bicyclic) bond motifs is 1. The minimum Gasteiger partial charge on any atom is -0.447 e. The summed E-state index contributed by atoms with van der Waals surface area (Å²) in [5, 5.41) is 4.15. The van der Waals surface area contributed by atoms with Gasteiger partial charge in [0, 0.05) is 36.7 Å². The van der Waals surface area contributed by atoms with Gasteiger partial charge in [-0.2, -0.15) is 0 Å². The van der Waals surface area contributed by atoms with Gasteiger partial charge in [-0.15, -0.1) is 0 Å². The van der Waals surface area contributed by atoms with Crippen molar-refractivity contribution in [2.75, 3.05) is 13.1 Å². The van der Waals surface area contributed by atoms with Crippen LogP contribution < -0.4 is 5.32 Å². The lowest BCUT2D eigenvalue weighted by molar-refractivity contribution is 0.0944.